The molecule has 1 saturated carbocycles. The minimum atomic E-state index is 0.0556. The minimum Gasteiger partial charge on any atom is -0.381 e. The second-order valence-corrected chi connectivity index (χ2v) is 6.16. The van der Waals surface area contributed by atoms with Crippen molar-refractivity contribution in [1.29, 1.82) is 0 Å². The van der Waals surface area contributed by atoms with Gasteiger partial charge in [-0.2, -0.15) is 0 Å². The van der Waals surface area contributed by atoms with E-state index in [1.165, 1.54) is 0 Å². The molecule has 0 aromatic heterocycles. The van der Waals surface area contributed by atoms with E-state index in [9.17, 15) is 9.59 Å². The lowest BCUT2D eigenvalue weighted by Gasteiger charge is -2.24. The molecule has 0 radical (unpaired) electrons. The lowest BCUT2D eigenvalue weighted by atomic mass is 9.94. The van der Waals surface area contributed by atoms with Crippen molar-refractivity contribution in [2.75, 3.05) is 20.2 Å². The zero-order chi connectivity index (χ0) is 16.4. The Morgan fingerprint density at radius 2 is 1.82 bits per heavy atom. The van der Waals surface area contributed by atoms with Gasteiger partial charge >= 0.3 is 0 Å². The molecule has 0 bridgehead atoms. The number of ether oxygens (including phenoxy) is 1. The molecule has 5 nitrogen and oxygen atoms in total. The second-order valence-electron chi connectivity index (χ2n) is 6.16. The van der Waals surface area contributed by atoms with E-state index in [0.29, 0.717) is 31.8 Å². The van der Waals surface area contributed by atoms with Crippen LogP contribution >= 0.6 is 0 Å². The molecule has 0 aromatic carbocycles. The van der Waals surface area contributed by atoms with Crippen LogP contribution in [-0.4, -0.2) is 38.1 Å². The molecule has 22 heavy (non-hydrogen) atoms. The van der Waals surface area contributed by atoms with Gasteiger partial charge in [0.15, 0.2) is 0 Å². The molecule has 128 valence electrons. The van der Waals surface area contributed by atoms with E-state index in [2.05, 4.69) is 24.5 Å². The quantitative estimate of drug-likeness (QED) is 0.543. The molecule has 0 aromatic rings. The Bertz CT molecular complexity index is 339. The van der Waals surface area contributed by atoms with Crippen molar-refractivity contribution in [2.24, 2.45) is 11.8 Å². The third-order valence-electron chi connectivity index (χ3n) is 4.46. The van der Waals surface area contributed by atoms with Crippen molar-refractivity contribution in [3.8, 4) is 0 Å². The third-order valence-corrected chi connectivity index (χ3v) is 4.46. The first-order valence-corrected chi connectivity index (χ1v) is 8.69. The Hall–Kier alpha value is -1.10. The first-order chi connectivity index (χ1) is 10.6. The van der Waals surface area contributed by atoms with Crippen LogP contribution in [0.1, 0.15) is 58.8 Å². The van der Waals surface area contributed by atoms with E-state index in [0.717, 1.165) is 32.1 Å². The number of amides is 2. The number of rotatable bonds is 12. The smallest absolute Gasteiger partial charge is 0.223 e. The highest BCUT2D eigenvalue weighted by Gasteiger charge is 2.28. The predicted molar refractivity (Wildman–Crippen MR) is 87.5 cm³/mol. The van der Waals surface area contributed by atoms with Crippen LogP contribution in [0.25, 0.3) is 0 Å². The van der Waals surface area contributed by atoms with Gasteiger partial charge in [-0.15, -0.1) is 0 Å². The van der Waals surface area contributed by atoms with Gasteiger partial charge in [-0.3, -0.25) is 9.59 Å². The van der Waals surface area contributed by atoms with Crippen LogP contribution in [0.15, 0.2) is 0 Å². The molecule has 0 spiro atoms. The molecule has 1 fully saturated rings. The van der Waals surface area contributed by atoms with Crippen LogP contribution in [0.4, 0.5) is 0 Å². The highest BCUT2D eigenvalue weighted by atomic mass is 16.5. The van der Waals surface area contributed by atoms with Crippen molar-refractivity contribution in [2.45, 2.75) is 64.9 Å². The average molecular weight is 312 g/mol. The summed E-state index contributed by atoms with van der Waals surface area (Å²) >= 11 is 0. The lowest BCUT2D eigenvalue weighted by molar-refractivity contribution is -0.123. The molecular weight excluding hydrogens is 280 g/mol. The maximum absolute atomic E-state index is 11.7. The molecule has 0 heterocycles. The summed E-state index contributed by atoms with van der Waals surface area (Å²) in [4.78, 5) is 23.2. The van der Waals surface area contributed by atoms with E-state index in [-0.39, 0.29) is 23.8 Å². The Balaban J connectivity index is 2.05. The fourth-order valence-electron chi connectivity index (χ4n) is 2.75. The van der Waals surface area contributed by atoms with E-state index in [1.54, 1.807) is 7.11 Å². The summed E-state index contributed by atoms with van der Waals surface area (Å²) in [7, 11) is 1.74. The van der Waals surface area contributed by atoms with E-state index < -0.39 is 0 Å². The van der Waals surface area contributed by atoms with Gasteiger partial charge in [-0.1, -0.05) is 26.7 Å². The molecule has 1 atom stereocenters. The minimum absolute atomic E-state index is 0.0556. The first kappa shape index (κ1) is 18.9. The lowest BCUT2D eigenvalue weighted by Crippen LogP contribution is -2.31. The molecule has 5 heteroatoms. The Morgan fingerprint density at radius 3 is 2.36 bits per heavy atom. The van der Waals surface area contributed by atoms with Gasteiger partial charge in [-0.05, 0) is 31.6 Å². The molecule has 1 rings (SSSR count). The monoisotopic (exact) mass is 312 g/mol. The molecule has 1 aliphatic rings. The van der Waals surface area contributed by atoms with E-state index in [4.69, 9.17) is 4.74 Å². The van der Waals surface area contributed by atoms with Gasteiger partial charge in [-0.25, -0.2) is 0 Å². The number of hydrogen-bond acceptors (Lipinski definition) is 3. The van der Waals surface area contributed by atoms with Crippen LogP contribution in [-0.2, 0) is 14.3 Å². The molecule has 0 aliphatic heterocycles. The molecule has 1 aliphatic carbocycles. The van der Waals surface area contributed by atoms with Crippen molar-refractivity contribution >= 4 is 11.8 Å². The molecule has 2 N–H and O–H groups in total. The summed E-state index contributed by atoms with van der Waals surface area (Å²) in [5, 5.41) is 5.82. The summed E-state index contributed by atoms with van der Waals surface area (Å²) < 4.78 is 5.53. The van der Waals surface area contributed by atoms with Gasteiger partial charge in [0.2, 0.25) is 11.8 Å². The van der Waals surface area contributed by atoms with Gasteiger partial charge in [0.1, 0.15) is 0 Å². The number of nitrogens with one attached hydrogen (secondary N) is 2. The maximum Gasteiger partial charge on any atom is 0.223 e. The SMILES string of the molecule is CCC(CC)[C@@H](CCNC(=O)CCCNC(=O)C1CC1)OC. The van der Waals surface area contributed by atoms with E-state index in [1.807, 2.05) is 0 Å². The normalized spacial score (nSPS) is 15.6. The second kappa shape index (κ2) is 10.6. The Kier molecular flexibility index (Phi) is 9.13. The van der Waals surface area contributed by atoms with Gasteiger partial charge in [0.25, 0.3) is 0 Å². The Labute approximate surface area is 134 Å². The van der Waals surface area contributed by atoms with Crippen molar-refractivity contribution in [3.05, 3.63) is 0 Å². The molecule has 0 unspecified atom stereocenters. The number of hydrogen-bond donors (Lipinski definition) is 2. The van der Waals surface area contributed by atoms with Gasteiger partial charge in [0.05, 0.1) is 6.10 Å². The predicted octanol–water partition coefficient (Wildman–Crippen LogP) is 2.25. The maximum atomic E-state index is 11.7. The average Bonchev–Trinajstić information content (AvgIpc) is 3.35. The molecule has 0 saturated heterocycles. The Morgan fingerprint density at radius 1 is 1.14 bits per heavy atom. The molecular formula is C17H32N2O3. The van der Waals surface area contributed by atoms with Gasteiger partial charge < -0.3 is 15.4 Å². The van der Waals surface area contributed by atoms with Crippen molar-refractivity contribution < 1.29 is 14.3 Å². The molecule has 2 amide bonds. The van der Waals surface area contributed by atoms with Crippen molar-refractivity contribution in [1.82, 2.24) is 10.6 Å². The summed E-state index contributed by atoms with van der Waals surface area (Å²) in [6.45, 7) is 5.60. The highest BCUT2D eigenvalue weighted by molar-refractivity contribution is 5.81. The largest absolute Gasteiger partial charge is 0.381 e. The summed E-state index contributed by atoms with van der Waals surface area (Å²) in [6, 6.07) is 0. The van der Waals surface area contributed by atoms with Crippen LogP contribution in [0, 0.1) is 11.8 Å². The summed E-state index contributed by atoms with van der Waals surface area (Å²) in [5.41, 5.74) is 0. The van der Waals surface area contributed by atoms with Crippen LogP contribution < -0.4 is 10.6 Å². The zero-order valence-electron chi connectivity index (χ0n) is 14.3. The third kappa shape index (κ3) is 7.25. The number of carbonyl (C=O) groups excluding carboxylic acids is 2. The number of methoxy groups -OCH3 is 1. The first-order valence-electron chi connectivity index (χ1n) is 8.69. The fraction of sp³-hybridized carbons (Fsp3) is 0.882. The standard InChI is InChI=1S/C17H32N2O3/c1-4-13(5-2)15(22-3)10-12-18-16(20)7-6-11-19-17(21)14-8-9-14/h13-15H,4-12H2,1-3H3,(H,18,20)(H,19,21)/t15-/m1/s1. The van der Waals surface area contributed by atoms with E-state index >= 15 is 0 Å². The summed E-state index contributed by atoms with van der Waals surface area (Å²) in [5.74, 6) is 0.998. The zero-order valence-corrected chi connectivity index (χ0v) is 14.3. The van der Waals surface area contributed by atoms with Gasteiger partial charge in [0, 0.05) is 32.5 Å². The fourth-order valence-corrected chi connectivity index (χ4v) is 2.75. The van der Waals surface area contributed by atoms with Crippen LogP contribution in [0.3, 0.4) is 0 Å². The number of carbonyl (C=O) groups is 2. The highest BCUT2D eigenvalue weighted by Crippen LogP contribution is 2.28. The topological polar surface area (TPSA) is 67.4 Å². The van der Waals surface area contributed by atoms with Crippen LogP contribution in [0.5, 0.6) is 0 Å². The summed E-state index contributed by atoms with van der Waals surface area (Å²) in [6.07, 6.45) is 6.47. The van der Waals surface area contributed by atoms with Crippen molar-refractivity contribution in [3.63, 3.8) is 0 Å². The van der Waals surface area contributed by atoms with Crippen LogP contribution in [0.2, 0.25) is 0 Å².